The van der Waals surface area contributed by atoms with Crippen LogP contribution in [0.15, 0.2) is 40.8 Å². The summed E-state index contributed by atoms with van der Waals surface area (Å²) in [7, 11) is 2.83. The largest absolute Gasteiger partial charge is 0.409 e. The van der Waals surface area contributed by atoms with Gasteiger partial charge in [-0.2, -0.15) is 13.2 Å². The second-order valence-electron chi connectivity index (χ2n) is 7.23. The second-order valence-corrected chi connectivity index (χ2v) is 9.17. The summed E-state index contributed by atoms with van der Waals surface area (Å²) in [5, 5.41) is 13.4. The van der Waals surface area contributed by atoms with Crippen molar-refractivity contribution in [3.05, 3.63) is 68.7 Å². The number of rotatable bonds is 7. The van der Waals surface area contributed by atoms with Gasteiger partial charge in [0.2, 0.25) is 6.41 Å². The summed E-state index contributed by atoms with van der Waals surface area (Å²) >= 11 is 12.4. The van der Waals surface area contributed by atoms with Gasteiger partial charge in [0, 0.05) is 30.7 Å². The van der Waals surface area contributed by atoms with Crippen molar-refractivity contribution in [1.29, 1.82) is 0 Å². The van der Waals surface area contributed by atoms with E-state index in [2.05, 4.69) is 9.71 Å². The van der Waals surface area contributed by atoms with E-state index >= 15 is 0 Å². The monoisotopic (exact) mass is 508 g/mol. The van der Waals surface area contributed by atoms with Crippen molar-refractivity contribution in [3.8, 4) is 0 Å². The van der Waals surface area contributed by atoms with Crippen LogP contribution in [-0.4, -0.2) is 37.6 Å². The molecule has 1 heterocycles. The number of aliphatic hydroxyl groups is 1. The summed E-state index contributed by atoms with van der Waals surface area (Å²) in [4.78, 5) is 0. The quantitative estimate of drug-likeness (QED) is 0.367. The van der Waals surface area contributed by atoms with Crippen molar-refractivity contribution < 1.29 is 27.8 Å². The van der Waals surface area contributed by atoms with Crippen LogP contribution in [0.1, 0.15) is 34.9 Å². The number of aliphatic hydroxyl groups excluding tert-OH is 1. The van der Waals surface area contributed by atoms with Gasteiger partial charge in [0.25, 0.3) is 0 Å². The van der Waals surface area contributed by atoms with Gasteiger partial charge in [-0.1, -0.05) is 35.3 Å². The van der Waals surface area contributed by atoms with Crippen LogP contribution >= 0.6 is 35.1 Å². The highest BCUT2D eigenvalue weighted by Gasteiger charge is 2.60. The van der Waals surface area contributed by atoms with Crippen LogP contribution in [0, 0.1) is 6.92 Å². The SMILES string of the molecule is COC(NC(O)c1ccc(C2=NSC(c3cc(Cl)cc(Cl)c3)(C(F)(F)F)C2)cc1C)OC. The molecule has 2 aromatic carbocycles. The molecule has 0 aromatic heterocycles. The Morgan fingerprint density at radius 1 is 1.12 bits per heavy atom. The van der Waals surface area contributed by atoms with Crippen LogP contribution in [0.2, 0.25) is 10.0 Å². The average molecular weight is 509 g/mol. The number of methoxy groups -OCH3 is 2. The molecule has 3 rings (SSSR count). The van der Waals surface area contributed by atoms with Gasteiger partial charge in [0.15, 0.2) is 4.75 Å². The van der Waals surface area contributed by atoms with Crippen LogP contribution < -0.4 is 5.32 Å². The number of benzene rings is 2. The van der Waals surface area contributed by atoms with E-state index in [-0.39, 0.29) is 27.7 Å². The third kappa shape index (κ3) is 5.09. The molecule has 0 spiro atoms. The third-order valence-electron chi connectivity index (χ3n) is 5.13. The van der Waals surface area contributed by atoms with E-state index in [1.807, 2.05) is 0 Å². The Balaban J connectivity index is 1.89. The molecular formula is C21H21Cl2F3N2O3S. The first-order valence-corrected chi connectivity index (χ1v) is 10.9. The van der Waals surface area contributed by atoms with Gasteiger partial charge in [-0.15, -0.1) is 0 Å². The maximum atomic E-state index is 14.2. The lowest BCUT2D eigenvalue weighted by Crippen LogP contribution is -2.38. The predicted octanol–water partition coefficient (Wildman–Crippen LogP) is 5.76. The summed E-state index contributed by atoms with van der Waals surface area (Å²) in [6, 6.07) is 8.86. The van der Waals surface area contributed by atoms with Gasteiger partial charge in [-0.25, -0.2) is 9.71 Å². The van der Waals surface area contributed by atoms with Gasteiger partial charge in [-0.05, 0) is 65.4 Å². The van der Waals surface area contributed by atoms with E-state index in [0.717, 1.165) is 0 Å². The van der Waals surface area contributed by atoms with E-state index in [0.29, 0.717) is 28.6 Å². The van der Waals surface area contributed by atoms with E-state index in [4.69, 9.17) is 32.7 Å². The summed E-state index contributed by atoms with van der Waals surface area (Å²) in [5.41, 5.74) is 1.95. The smallest absolute Gasteiger partial charge is 0.374 e. The molecule has 2 atom stereocenters. The molecule has 1 aliphatic rings. The molecule has 2 aromatic rings. The zero-order chi connectivity index (χ0) is 23.7. The Kier molecular flexibility index (Phi) is 7.81. The predicted molar refractivity (Wildman–Crippen MR) is 120 cm³/mol. The van der Waals surface area contributed by atoms with Crippen molar-refractivity contribution in [2.24, 2.45) is 4.40 Å². The van der Waals surface area contributed by atoms with Gasteiger partial charge < -0.3 is 14.6 Å². The average Bonchev–Trinajstić information content (AvgIpc) is 3.18. The third-order valence-corrected chi connectivity index (χ3v) is 6.81. The zero-order valence-electron chi connectivity index (χ0n) is 17.3. The minimum absolute atomic E-state index is 0.0515. The first-order valence-electron chi connectivity index (χ1n) is 9.39. The van der Waals surface area contributed by atoms with E-state index in [1.165, 1.54) is 32.4 Å². The lowest BCUT2D eigenvalue weighted by Gasteiger charge is -2.30. The molecule has 0 fully saturated rings. The normalized spacial score (nSPS) is 20.0. The molecule has 0 bridgehead atoms. The van der Waals surface area contributed by atoms with E-state index < -0.39 is 23.6 Å². The molecule has 11 heteroatoms. The van der Waals surface area contributed by atoms with Crippen LogP contribution in [0.5, 0.6) is 0 Å². The van der Waals surface area contributed by atoms with Crippen molar-refractivity contribution in [3.63, 3.8) is 0 Å². The molecule has 1 aliphatic heterocycles. The lowest BCUT2D eigenvalue weighted by atomic mass is 9.89. The molecule has 2 unspecified atom stereocenters. The molecule has 2 N–H and O–H groups in total. The van der Waals surface area contributed by atoms with Crippen molar-refractivity contribution in [2.75, 3.05) is 14.2 Å². The molecule has 32 heavy (non-hydrogen) atoms. The van der Waals surface area contributed by atoms with Gasteiger partial charge in [-0.3, -0.25) is 0 Å². The first kappa shape index (κ1) is 25.3. The molecule has 0 saturated heterocycles. The fraction of sp³-hybridized carbons (Fsp3) is 0.381. The Labute approximate surface area is 198 Å². The summed E-state index contributed by atoms with van der Waals surface area (Å²) < 4.78 is 54.6. The van der Waals surface area contributed by atoms with Crippen LogP contribution in [-0.2, 0) is 14.2 Å². The molecule has 5 nitrogen and oxygen atoms in total. The Morgan fingerprint density at radius 3 is 2.28 bits per heavy atom. The number of ether oxygens (including phenoxy) is 2. The topological polar surface area (TPSA) is 63.1 Å². The molecule has 0 radical (unpaired) electrons. The standard InChI is InChI=1S/C21H21Cl2F3N2O3S/c1-11-6-12(4-5-16(11)18(29)27-19(30-2)31-3)17-10-20(32-28-17,21(24,25)26)13-7-14(22)9-15(23)8-13/h4-9,18-19,27,29H,10H2,1-3H3. The minimum Gasteiger partial charge on any atom is -0.374 e. The number of aryl methyl sites for hydroxylation is 1. The van der Waals surface area contributed by atoms with Crippen molar-refractivity contribution in [1.82, 2.24) is 5.32 Å². The maximum Gasteiger partial charge on any atom is 0.409 e. The Morgan fingerprint density at radius 2 is 1.75 bits per heavy atom. The van der Waals surface area contributed by atoms with E-state index in [1.54, 1.807) is 25.1 Å². The zero-order valence-corrected chi connectivity index (χ0v) is 19.7. The minimum atomic E-state index is -4.60. The molecule has 0 amide bonds. The summed E-state index contributed by atoms with van der Waals surface area (Å²) in [5.74, 6) is 0. The fourth-order valence-electron chi connectivity index (χ4n) is 3.46. The maximum absolute atomic E-state index is 14.2. The first-order chi connectivity index (χ1) is 15.0. The fourth-order valence-corrected chi connectivity index (χ4v) is 4.95. The van der Waals surface area contributed by atoms with Gasteiger partial charge in [0.1, 0.15) is 6.23 Å². The van der Waals surface area contributed by atoms with Gasteiger partial charge in [0.05, 0.1) is 5.71 Å². The van der Waals surface area contributed by atoms with Crippen LogP contribution in [0.25, 0.3) is 0 Å². The summed E-state index contributed by atoms with van der Waals surface area (Å²) in [6.45, 7) is 1.74. The van der Waals surface area contributed by atoms with Gasteiger partial charge >= 0.3 is 6.18 Å². The summed E-state index contributed by atoms with van der Waals surface area (Å²) in [6.07, 6.45) is -6.90. The highest BCUT2D eigenvalue weighted by atomic mass is 35.5. The van der Waals surface area contributed by atoms with E-state index in [9.17, 15) is 18.3 Å². The number of nitrogens with one attached hydrogen (secondary N) is 1. The Hall–Kier alpha value is -1.33. The van der Waals surface area contributed by atoms with Crippen LogP contribution in [0.4, 0.5) is 13.2 Å². The number of hydrogen-bond acceptors (Lipinski definition) is 6. The molecule has 0 saturated carbocycles. The highest BCUT2D eigenvalue weighted by molar-refractivity contribution is 7.99. The number of hydrogen-bond donors (Lipinski definition) is 2. The van der Waals surface area contributed by atoms with Crippen molar-refractivity contribution in [2.45, 2.75) is 36.9 Å². The molecule has 0 aliphatic carbocycles. The van der Waals surface area contributed by atoms with Crippen molar-refractivity contribution >= 4 is 40.9 Å². The molecular weight excluding hydrogens is 488 g/mol. The Bertz CT molecular complexity index is 998. The number of halogens is 5. The molecule has 174 valence electrons. The number of alkyl halides is 3. The lowest BCUT2D eigenvalue weighted by molar-refractivity contribution is -0.159. The van der Waals surface area contributed by atoms with Crippen LogP contribution in [0.3, 0.4) is 0 Å². The highest BCUT2D eigenvalue weighted by Crippen LogP contribution is 2.57. The second kappa shape index (κ2) is 9.89. The number of nitrogens with zero attached hydrogens (tertiary/aromatic N) is 1.